The molecule has 0 unspecified atom stereocenters. The van der Waals surface area contributed by atoms with Gasteiger partial charge in [-0.25, -0.2) is 8.42 Å². The molecule has 1 saturated heterocycles. The van der Waals surface area contributed by atoms with Crippen LogP contribution in [0.2, 0.25) is 0 Å². The van der Waals surface area contributed by atoms with E-state index in [0.717, 1.165) is 43.5 Å². The summed E-state index contributed by atoms with van der Waals surface area (Å²) in [5.74, 6) is -0.533. The average Bonchev–Trinajstić information content (AvgIpc) is 2.73. The highest BCUT2D eigenvalue weighted by Gasteiger charge is 2.34. The summed E-state index contributed by atoms with van der Waals surface area (Å²) in [6.07, 6.45) is -2.04. The van der Waals surface area contributed by atoms with Gasteiger partial charge in [-0.2, -0.15) is 17.5 Å². The third-order valence-corrected chi connectivity index (χ3v) is 7.26. The minimum absolute atomic E-state index is 0.0453. The lowest BCUT2D eigenvalue weighted by atomic mass is 10.1. The van der Waals surface area contributed by atoms with E-state index in [1.165, 1.54) is 29.6 Å². The number of carbonyl (C=O) groups excluding carboxylic acids is 1. The van der Waals surface area contributed by atoms with E-state index >= 15 is 0 Å². The van der Waals surface area contributed by atoms with Crippen molar-refractivity contribution < 1.29 is 31.1 Å². The van der Waals surface area contributed by atoms with Crippen LogP contribution in [0.5, 0.6) is 5.75 Å². The van der Waals surface area contributed by atoms with Crippen molar-refractivity contribution in [3.63, 3.8) is 0 Å². The van der Waals surface area contributed by atoms with Gasteiger partial charge in [0.1, 0.15) is 10.6 Å². The largest absolute Gasteiger partial charge is 0.495 e. The van der Waals surface area contributed by atoms with E-state index in [2.05, 4.69) is 5.32 Å². The quantitative estimate of drug-likeness (QED) is 0.717. The summed E-state index contributed by atoms with van der Waals surface area (Å²) >= 11 is 0. The first kappa shape index (κ1) is 23.1. The number of piperidine rings is 1. The number of sulfonamides is 1. The van der Waals surface area contributed by atoms with Gasteiger partial charge in [0.05, 0.1) is 12.7 Å². The lowest BCUT2D eigenvalue weighted by molar-refractivity contribution is -0.137. The maximum atomic E-state index is 13.2. The zero-order valence-corrected chi connectivity index (χ0v) is 17.9. The van der Waals surface area contributed by atoms with Crippen LogP contribution >= 0.6 is 0 Å². The van der Waals surface area contributed by atoms with E-state index in [9.17, 15) is 26.4 Å². The summed E-state index contributed by atoms with van der Waals surface area (Å²) in [5.41, 5.74) is -0.634. The average molecular weight is 456 g/mol. The van der Waals surface area contributed by atoms with E-state index in [0.29, 0.717) is 6.54 Å². The monoisotopic (exact) mass is 456 g/mol. The zero-order valence-electron chi connectivity index (χ0n) is 17.1. The molecule has 0 aliphatic carbocycles. The van der Waals surface area contributed by atoms with Crippen molar-refractivity contribution in [3.8, 4) is 5.75 Å². The van der Waals surface area contributed by atoms with Crippen LogP contribution in [0, 0.1) is 0 Å². The number of hydrogen-bond donors (Lipinski definition) is 1. The third-order valence-electron chi connectivity index (χ3n) is 5.22. The summed E-state index contributed by atoms with van der Waals surface area (Å²) in [7, 11) is -2.56. The number of halogens is 3. The van der Waals surface area contributed by atoms with Crippen molar-refractivity contribution in [1.82, 2.24) is 4.31 Å². The molecule has 0 radical (unpaired) electrons. The number of ether oxygens (including phenoxy) is 1. The summed E-state index contributed by atoms with van der Waals surface area (Å²) < 4.78 is 71.2. The maximum absolute atomic E-state index is 13.2. The molecule has 168 valence electrons. The number of benzene rings is 2. The molecule has 3 rings (SSSR count). The third kappa shape index (κ3) is 5.01. The predicted octanol–water partition coefficient (Wildman–Crippen LogP) is 4.53. The van der Waals surface area contributed by atoms with Gasteiger partial charge in [-0.3, -0.25) is 4.79 Å². The highest BCUT2D eigenvalue weighted by Crippen LogP contribution is 2.32. The number of nitrogens with zero attached hydrogens (tertiary/aromatic N) is 1. The Morgan fingerprint density at radius 1 is 1.13 bits per heavy atom. The van der Waals surface area contributed by atoms with Crippen LogP contribution in [0.25, 0.3) is 0 Å². The van der Waals surface area contributed by atoms with Crippen molar-refractivity contribution >= 4 is 21.6 Å². The minimum Gasteiger partial charge on any atom is -0.495 e. The molecular formula is C21H23F3N2O4S. The number of anilines is 1. The summed E-state index contributed by atoms with van der Waals surface area (Å²) in [6, 6.07) is 7.84. The standard InChI is InChI=1S/C21H23F3N2O4S/c1-14-5-3-4-12-26(14)31(28,29)19-13-15(6-11-18(19)30-2)20(27)25-17-9-7-16(8-10-17)21(22,23)24/h6-11,13-14H,3-5,12H2,1-2H3,(H,25,27)/t14-/m0/s1. The molecule has 2 aromatic carbocycles. The van der Waals surface area contributed by atoms with E-state index in [1.807, 2.05) is 6.92 Å². The Morgan fingerprint density at radius 3 is 2.39 bits per heavy atom. The molecule has 0 saturated carbocycles. The van der Waals surface area contributed by atoms with Crippen LogP contribution in [0.4, 0.5) is 18.9 Å². The highest BCUT2D eigenvalue weighted by molar-refractivity contribution is 7.89. The van der Waals surface area contributed by atoms with Crippen LogP contribution < -0.4 is 10.1 Å². The Kier molecular flexibility index (Phi) is 6.61. The fourth-order valence-electron chi connectivity index (χ4n) is 3.52. The van der Waals surface area contributed by atoms with Crippen LogP contribution in [-0.4, -0.2) is 38.3 Å². The lowest BCUT2D eigenvalue weighted by Crippen LogP contribution is -2.42. The molecule has 1 aliphatic heterocycles. The van der Waals surface area contributed by atoms with Crippen molar-refractivity contribution in [2.24, 2.45) is 0 Å². The molecule has 1 amide bonds. The zero-order chi connectivity index (χ0) is 22.8. The molecule has 1 aliphatic rings. The second-order valence-electron chi connectivity index (χ2n) is 7.36. The first-order valence-corrected chi connectivity index (χ1v) is 11.2. The van der Waals surface area contributed by atoms with E-state index < -0.39 is 27.7 Å². The predicted molar refractivity (Wildman–Crippen MR) is 110 cm³/mol. The highest BCUT2D eigenvalue weighted by atomic mass is 32.2. The van der Waals surface area contributed by atoms with Gasteiger partial charge in [0.15, 0.2) is 0 Å². The van der Waals surface area contributed by atoms with Gasteiger partial charge >= 0.3 is 6.18 Å². The fourth-order valence-corrected chi connectivity index (χ4v) is 5.40. The van der Waals surface area contributed by atoms with Crippen molar-refractivity contribution in [3.05, 3.63) is 53.6 Å². The summed E-state index contributed by atoms with van der Waals surface area (Å²) in [4.78, 5) is 12.5. The van der Waals surface area contributed by atoms with Gasteiger partial charge in [-0.15, -0.1) is 0 Å². The fraction of sp³-hybridized carbons (Fsp3) is 0.381. The smallest absolute Gasteiger partial charge is 0.416 e. The molecule has 6 nitrogen and oxygen atoms in total. The first-order chi connectivity index (χ1) is 14.5. The van der Waals surface area contributed by atoms with Crippen LogP contribution in [0.3, 0.4) is 0 Å². The van der Waals surface area contributed by atoms with Gasteiger partial charge in [-0.05, 0) is 62.2 Å². The number of nitrogens with one attached hydrogen (secondary N) is 1. The second-order valence-corrected chi connectivity index (χ2v) is 9.21. The number of rotatable bonds is 5. The number of hydrogen-bond acceptors (Lipinski definition) is 4. The molecule has 1 atom stereocenters. The molecule has 10 heteroatoms. The number of methoxy groups -OCH3 is 1. The molecular weight excluding hydrogens is 433 g/mol. The van der Waals surface area contributed by atoms with Crippen molar-refractivity contribution in [2.75, 3.05) is 19.0 Å². The van der Waals surface area contributed by atoms with Gasteiger partial charge in [0.25, 0.3) is 5.91 Å². The lowest BCUT2D eigenvalue weighted by Gasteiger charge is -2.32. The molecule has 2 aromatic rings. The Balaban J connectivity index is 1.88. The Labute approximate surface area is 179 Å². The van der Waals surface area contributed by atoms with Crippen molar-refractivity contribution in [1.29, 1.82) is 0 Å². The normalized spacial score (nSPS) is 17.9. The number of amides is 1. The second kappa shape index (κ2) is 8.88. The molecule has 1 heterocycles. The van der Waals surface area contributed by atoms with Gasteiger partial charge in [0, 0.05) is 23.8 Å². The van der Waals surface area contributed by atoms with E-state index in [-0.39, 0.29) is 27.9 Å². The Bertz CT molecular complexity index is 1050. The SMILES string of the molecule is COc1ccc(C(=O)Nc2ccc(C(F)(F)F)cc2)cc1S(=O)(=O)N1CCCC[C@@H]1C. The van der Waals surface area contributed by atoms with Crippen LogP contribution in [0.15, 0.2) is 47.4 Å². The first-order valence-electron chi connectivity index (χ1n) is 9.72. The number of alkyl halides is 3. The number of carbonyl (C=O) groups is 1. The molecule has 31 heavy (non-hydrogen) atoms. The maximum Gasteiger partial charge on any atom is 0.416 e. The van der Waals surface area contributed by atoms with Gasteiger partial charge in [-0.1, -0.05) is 6.42 Å². The van der Waals surface area contributed by atoms with Crippen LogP contribution in [0.1, 0.15) is 42.1 Å². The Hall–Kier alpha value is -2.59. The molecule has 1 N–H and O–H groups in total. The van der Waals surface area contributed by atoms with E-state index in [1.54, 1.807) is 0 Å². The molecule has 0 aromatic heterocycles. The molecule has 1 fully saturated rings. The Morgan fingerprint density at radius 2 is 1.81 bits per heavy atom. The van der Waals surface area contributed by atoms with Crippen molar-refractivity contribution in [2.45, 2.75) is 43.3 Å². The van der Waals surface area contributed by atoms with Crippen LogP contribution in [-0.2, 0) is 16.2 Å². The summed E-state index contributed by atoms with van der Waals surface area (Å²) in [5, 5.41) is 2.49. The summed E-state index contributed by atoms with van der Waals surface area (Å²) in [6.45, 7) is 2.22. The minimum atomic E-state index is -4.48. The molecule has 0 spiro atoms. The van der Waals surface area contributed by atoms with Gasteiger partial charge in [0.2, 0.25) is 10.0 Å². The molecule has 0 bridgehead atoms. The van der Waals surface area contributed by atoms with Gasteiger partial charge < -0.3 is 10.1 Å². The topological polar surface area (TPSA) is 75.7 Å². The van der Waals surface area contributed by atoms with E-state index in [4.69, 9.17) is 4.74 Å².